The molecule has 0 aliphatic carbocycles. The number of carboxylic acids is 1. The van der Waals surface area contributed by atoms with Crippen LogP contribution in [-0.2, 0) is 0 Å². The van der Waals surface area contributed by atoms with Gasteiger partial charge in [-0.3, -0.25) is 10.1 Å². The summed E-state index contributed by atoms with van der Waals surface area (Å²) in [5.74, 6) is -2.46. The maximum absolute atomic E-state index is 13.9. The number of piperidine rings is 1. The van der Waals surface area contributed by atoms with Crippen molar-refractivity contribution in [3.63, 3.8) is 0 Å². The van der Waals surface area contributed by atoms with E-state index in [0.29, 0.717) is 0 Å². The third kappa shape index (κ3) is 2.81. The van der Waals surface area contributed by atoms with E-state index >= 15 is 0 Å². The largest absolute Gasteiger partial charge is 0.478 e. The van der Waals surface area contributed by atoms with Crippen molar-refractivity contribution in [3.05, 3.63) is 33.6 Å². The average Bonchev–Trinajstić information content (AvgIpc) is 2.37. The molecule has 2 atom stereocenters. The van der Waals surface area contributed by atoms with Gasteiger partial charge in [0.15, 0.2) is 0 Å². The van der Waals surface area contributed by atoms with E-state index in [1.807, 2.05) is 18.7 Å². The number of hydrogen-bond acceptors (Lipinski definition) is 4. The first-order valence-corrected chi connectivity index (χ1v) is 6.82. The molecule has 0 unspecified atom stereocenters. The van der Waals surface area contributed by atoms with Gasteiger partial charge in [-0.1, -0.05) is 0 Å². The molecule has 0 bridgehead atoms. The summed E-state index contributed by atoms with van der Waals surface area (Å²) in [6, 6.07) is 1.87. The molecule has 1 fully saturated rings. The Labute approximate surface area is 121 Å². The summed E-state index contributed by atoms with van der Waals surface area (Å²) < 4.78 is 13.9. The van der Waals surface area contributed by atoms with Crippen LogP contribution in [0.15, 0.2) is 12.1 Å². The van der Waals surface area contributed by atoms with Gasteiger partial charge in [-0.25, -0.2) is 9.18 Å². The summed E-state index contributed by atoms with van der Waals surface area (Å²) in [4.78, 5) is 23.3. The summed E-state index contributed by atoms with van der Waals surface area (Å²) in [6.07, 6.45) is 2.75. The maximum atomic E-state index is 13.9. The zero-order valence-corrected chi connectivity index (χ0v) is 11.9. The fourth-order valence-electron chi connectivity index (χ4n) is 2.96. The normalized spacial score (nSPS) is 22.1. The first-order valence-electron chi connectivity index (χ1n) is 6.82. The summed E-state index contributed by atoms with van der Waals surface area (Å²) in [7, 11) is 0. The first-order chi connectivity index (χ1) is 9.82. The molecule has 6 nitrogen and oxygen atoms in total. The van der Waals surface area contributed by atoms with E-state index in [-0.39, 0.29) is 23.5 Å². The molecule has 1 heterocycles. The van der Waals surface area contributed by atoms with Gasteiger partial charge in [-0.2, -0.15) is 0 Å². The van der Waals surface area contributed by atoms with Crippen LogP contribution in [0.2, 0.25) is 0 Å². The second-order valence-electron chi connectivity index (χ2n) is 5.42. The zero-order valence-electron chi connectivity index (χ0n) is 11.9. The number of nitro benzene ring substituents is 1. The van der Waals surface area contributed by atoms with Gasteiger partial charge in [0.1, 0.15) is 17.1 Å². The predicted octanol–water partition coefficient (Wildman–Crippen LogP) is 3.20. The number of aromatic carboxylic acids is 1. The zero-order chi connectivity index (χ0) is 15.7. The van der Waals surface area contributed by atoms with Crippen LogP contribution in [0.1, 0.15) is 43.5 Å². The molecule has 1 N–H and O–H groups in total. The van der Waals surface area contributed by atoms with Crippen LogP contribution in [0.4, 0.5) is 15.8 Å². The van der Waals surface area contributed by atoms with Crippen molar-refractivity contribution in [2.75, 3.05) is 4.90 Å². The monoisotopic (exact) mass is 296 g/mol. The summed E-state index contributed by atoms with van der Waals surface area (Å²) in [5.41, 5.74) is -0.889. The molecule has 0 saturated carbocycles. The number of carbonyl (C=O) groups is 1. The predicted molar refractivity (Wildman–Crippen MR) is 75.3 cm³/mol. The minimum Gasteiger partial charge on any atom is -0.478 e. The Hall–Kier alpha value is -2.18. The van der Waals surface area contributed by atoms with E-state index in [1.54, 1.807) is 0 Å². The van der Waals surface area contributed by atoms with Gasteiger partial charge in [0, 0.05) is 24.2 Å². The molecule has 1 aliphatic heterocycles. The standard InChI is InChI=1S/C14H17FN2O4/c1-8-4-3-5-9(2)16(8)12-7-11(15)10(14(18)19)6-13(12)17(20)21/h6-9H,3-5H2,1-2H3,(H,18,19)/t8-,9+. The third-order valence-electron chi connectivity index (χ3n) is 3.96. The number of nitrogens with zero attached hydrogens (tertiary/aromatic N) is 2. The lowest BCUT2D eigenvalue weighted by Crippen LogP contribution is -2.44. The Balaban J connectivity index is 2.59. The molecule has 2 rings (SSSR count). The number of anilines is 1. The van der Waals surface area contributed by atoms with Crippen molar-refractivity contribution in [3.8, 4) is 0 Å². The second kappa shape index (κ2) is 5.67. The number of carboxylic acid groups (broad SMARTS) is 1. The molecule has 0 radical (unpaired) electrons. The van der Waals surface area contributed by atoms with Gasteiger partial charge in [-0.15, -0.1) is 0 Å². The van der Waals surface area contributed by atoms with E-state index in [9.17, 15) is 19.3 Å². The molecular weight excluding hydrogens is 279 g/mol. The third-order valence-corrected chi connectivity index (χ3v) is 3.96. The van der Waals surface area contributed by atoms with Gasteiger partial charge in [0.2, 0.25) is 0 Å². The fraction of sp³-hybridized carbons (Fsp3) is 0.500. The first kappa shape index (κ1) is 15.2. The smallest absolute Gasteiger partial charge is 0.338 e. The molecule has 0 aromatic heterocycles. The summed E-state index contributed by atoms with van der Waals surface area (Å²) in [5, 5.41) is 20.1. The second-order valence-corrected chi connectivity index (χ2v) is 5.42. The number of benzene rings is 1. The Morgan fingerprint density at radius 1 is 1.38 bits per heavy atom. The summed E-state index contributed by atoms with van der Waals surface area (Å²) >= 11 is 0. The molecule has 1 saturated heterocycles. The highest BCUT2D eigenvalue weighted by Gasteiger charge is 2.32. The van der Waals surface area contributed by atoms with E-state index in [2.05, 4.69) is 0 Å². The van der Waals surface area contributed by atoms with Gasteiger partial charge >= 0.3 is 5.97 Å². The molecule has 1 aromatic rings. The number of halogens is 1. The SMILES string of the molecule is C[C@@H]1CCC[C@H](C)N1c1cc(F)c(C(=O)O)cc1[N+](=O)[O-]. The maximum Gasteiger partial charge on any atom is 0.338 e. The van der Waals surface area contributed by atoms with Crippen molar-refractivity contribution in [1.29, 1.82) is 0 Å². The highest BCUT2D eigenvalue weighted by atomic mass is 19.1. The molecule has 21 heavy (non-hydrogen) atoms. The Morgan fingerprint density at radius 2 is 1.95 bits per heavy atom. The van der Waals surface area contributed by atoms with E-state index in [1.165, 1.54) is 0 Å². The molecule has 7 heteroatoms. The lowest BCUT2D eigenvalue weighted by Gasteiger charge is -2.40. The van der Waals surface area contributed by atoms with E-state index in [0.717, 1.165) is 31.4 Å². The summed E-state index contributed by atoms with van der Waals surface area (Å²) in [6.45, 7) is 3.87. The van der Waals surface area contributed by atoms with Crippen LogP contribution in [0.3, 0.4) is 0 Å². The van der Waals surface area contributed by atoms with E-state index in [4.69, 9.17) is 5.11 Å². The molecule has 114 valence electrons. The van der Waals surface area contributed by atoms with Gasteiger partial charge in [0.05, 0.1) is 4.92 Å². The van der Waals surface area contributed by atoms with Gasteiger partial charge in [-0.05, 0) is 33.1 Å². The molecule has 0 amide bonds. The fourth-order valence-corrected chi connectivity index (χ4v) is 2.96. The van der Waals surface area contributed by atoms with E-state index < -0.39 is 22.3 Å². The Morgan fingerprint density at radius 3 is 2.43 bits per heavy atom. The van der Waals surface area contributed by atoms with Crippen LogP contribution in [0.25, 0.3) is 0 Å². The average molecular weight is 296 g/mol. The molecule has 1 aliphatic rings. The quantitative estimate of drug-likeness (QED) is 0.684. The lowest BCUT2D eigenvalue weighted by molar-refractivity contribution is -0.384. The van der Waals surface area contributed by atoms with Crippen molar-refractivity contribution in [2.45, 2.75) is 45.2 Å². The number of hydrogen-bond donors (Lipinski definition) is 1. The highest BCUT2D eigenvalue weighted by Crippen LogP contribution is 2.37. The lowest BCUT2D eigenvalue weighted by atomic mass is 9.96. The van der Waals surface area contributed by atoms with Crippen molar-refractivity contribution < 1.29 is 19.2 Å². The topological polar surface area (TPSA) is 83.7 Å². The van der Waals surface area contributed by atoms with Crippen LogP contribution >= 0.6 is 0 Å². The van der Waals surface area contributed by atoms with Gasteiger partial charge < -0.3 is 10.0 Å². The van der Waals surface area contributed by atoms with Crippen LogP contribution in [0.5, 0.6) is 0 Å². The van der Waals surface area contributed by atoms with Gasteiger partial charge in [0.25, 0.3) is 5.69 Å². The Bertz CT molecular complexity index is 581. The van der Waals surface area contributed by atoms with Crippen LogP contribution < -0.4 is 4.90 Å². The number of nitro groups is 1. The molecule has 0 spiro atoms. The highest BCUT2D eigenvalue weighted by molar-refractivity contribution is 5.90. The molecular formula is C14H17FN2O4. The number of rotatable bonds is 3. The van der Waals surface area contributed by atoms with Crippen molar-refractivity contribution >= 4 is 17.3 Å². The van der Waals surface area contributed by atoms with Crippen molar-refractivity contribution in [2.24, 2.45) is 0 Å². The minimum absolute atomic E-state index is 0.0440. The van der Waals surface area contributed by atoms with Crippen LogP contribution in [0, 0.1) is 15.9 Å². The van der Waals surface area contributed by atoms with Crippen molar-refractivity contribution in [1.82, 2.24) is 0 Å². The molecule has 1 aromatic carbocycles. The minimum atomic E-state index is -1.51. The Kier molecular flexibility index (Phi) is 4.11. The van der Waals surface area contributed by atoms with Crippen LogP contribution in [-0.4, -0.2) is 28.1 Å².